The Bertz CT molecular complexity index is 499. The molecule has 1 aromatic rings. The van der Waals surface area contributed by atoms with Crippen molar-refractivity contribution in [1.29, 1.82) is 0 Å². The van der Waals surface area contributed by atoms with Gasteiger partial charge in [0.1, 0.15) is 0 Å². The van der Waals surface area contributed by atoms with E-state index >= 15 is 0 Å². The minimum Gasteiger partial charge on any atom is -0.478 e. The van der Waals surface area contributed by atoms with Crippen molar-refractivity contribution in [3.63, 3.8) is 0 Å². The van der Waals surface area contributed by atoms with Crippen LogP contribution in [0.4, 0.5) is 11.4 Å². The highest BCUT2D eigenvalue weighted by Gasteiger charge is 2.22. The van der Waals surface area contributed by atoms with Gasteiger partial charge in [-0.15, -0.1) is 11.8 Å². The van der Waals surface area contributed by atoms with Gasteiger partial charge in [-0.3, -0.25) is 4.79 Å². The van der Waals surface area contributed by atoms with Gasteiger partial charge in [-0.1, -0.05) is 6.42 Å². The topological polar surface area (TPSA) is 92.4 Å². The number of aromatic carboxylic acids is 1. The summed E-state index contributed by atoms with van der Waals surface area (Å²) in [5, 5.41) is 11.6. The third-order valence-corrected chi connectivity index (χ3v) is 4.41. The van der Waals surface area contributed by atoms with Gasteiger partial charge in [0.05, 0.1) is 22.2 Å². The number of carbonyl (C=O) groups excluding carboxylic acids is 1. The number of nitrogens with two attached hydrogens (primary N) is 1. The van der Waals surface area contributed by atoms with E-state index in [4.69, 9.17) is 10.8 Å². The van der Waals surface area contributed by atoms with Gasteiger partial charge in [0.2, 0.25) is 5.91 Å². The summed E-state index contributed by atoms with van der Waals surface area (Å²) >= 11 is 1.66. The number of carboxylic acids is 1. The van der Waals surface area contributed by atoms with Gasteiger partial charge >= 0.3 is 5.97 Å². The zero-order chi connectivity index (χ0) is 13.8. The molecule has 5 nitrogen and oxygen atoms in total. The zero-order valence-electron chi connectivity index (χ0n) is 10.4. The number of hydrogen-bond donors (Lipinski definition) is 3. The average molecular weight is 280 g/mol. The predicted octanol–water partition coefficient (Wildman–Crippen LogP) is 2.19. The van der Waals surface area contributed by atoms with Crippen LogP contribution in [0.2, 0.25) is 0 Å². The lowest BCUT2D eigenvalue weighted by Gasteiger charge is -2.20. The van der Waals surface area contributed by atoms with Crippen LogP contribution < -0.4 is 11.1 Å². The van der Waals surface area contributed by atoms with E-state index in [2.05, 4.69) is 5.32 Å². The van der Waals surface area contributed by atoms with Gasteiger partial charge in [-0.25, -0.2) is 4.79 Å². The molecule has 0 radical (unpaired) electrons. The van der Waals surface area contributed by atoms with Crippen LogP contribution in [0.25, 0.3) is 0 Å². The van der Waals surface area contributed by atoms with Gasteiger partial charge in [0.25, 0.3) is 0 Å². The van der Waals surface area contributed by atoms with Crippen molar-refractivity contribution in [2.75, 3.05) is 16.8 Å². The highest BCUT2D eigenvalue weighted by Crippen LogP contribution is 2.27. The monoisotopic (exact) mass is 280 g/mol. The minimum absolute atomic E-state index is 0.0349. The number of benzene rings is 1. The molecule has 1 saturated heterocycles. The Labute approximate surface area is 115 Å². The van der Waals surface area contributed by atoms with Crippen LogP contribution >= 0.6 is 11.8 Å². The Hall–Kier alpha value is -1.69. The highest BCUT2D eigenvalue weighted by molar-refractivity contribution is 8.00. The zero-order valence-corrected chi connectivity index (χ0v) is 11.2. The molecule has 0 bridgehead atoms. The van der Waals surface area contributed by atoms with Crippen LogP contribution in [0, 0.1) is 0 Å². The minimum atomic E-state index is -1.03. The van der Waals surface area contributed by atoms with Gasteiger partial charge < -0.3 is 16.2 Å². The first-order chi connectivity index (χ1) is 9.08. The largest absolute Gasteiger partial charge is 0.478 e. The number of nitrogen functional groups attached to an aromatic ring is 1. The first kappa shape index (κ1) is 13.7. The second-order valence-corrected chi connectivity index (χ2v) is 5.76. The second-order valence-electron chi connectivity index (χ2n) is 4.45. The summed E-state index contributed by atoms with van der Waals surface area (Å²) in [6, 6.07) is 4.32. The van der Waals surface area contributed by atoms with E-state index in [1.54, 1.807) is 11.8 Å². The molecule has 0 spiro atoms. The summed E-state index contributed by atoms with van der Waals surface area (Å²) in [5.41, 5.74) is 6.61. The van der Waals surface area contributed by atoms with Crippen LogP contribution in [0.15, 0.2) is 18.2 Å². The first-order valence-corrected chi connectivity index (χ1v) is 7.18. The quantitative estimate of drug-likeness (QED) is 0.738. The number of anilines is 2. The molecule has 0 aromatic heterocycles. The van der Waals surface area contributed by atoms with E-state index in [1.165, 1.54) is 18.2 Å². The van der Waals surface area contributed by atoms with Gasteiger partial charge in [0, 0.05) is 0 Å². The molecule has 1 aromatic carbocycles. The molecule has 1 atom stereocenters. The molecule has 6 heteroatoms. The Morgan fingerprint density at radius 2 is 2.16 bits per heavy atom. The van der Waals surface area contributed by atoms with Crippen molar-refractivity contribution in [1.82, 2.24) is 0 Å². The molecular formula is C13H16N2O3S. The Kier molecular flexibility index (Phi) is 4.31. The SMILES string of the molecule is Nc1cc(C(=O)O)ccc1NC(=O)C1CCCCS1. The third-order valence-electron chi connectivity index (χ3n) is 3.03. The Balaban J connectivity index is 2.06. The summed E-state index contributed by atoms with van der Waals surface area (Å²) < 4.78 is 0. The van der Waals surface area contributed by atoms with Crippen molar-refractivity contribution in [2.45, 2.75) is 24.5 Å². The van der Waals surface area contributed by atoms with Crippen molar-refractivity contribution in [2.24, 2.45) is 0 Å². The molecule has 1 heterocycles. The lowest BCUT2D eigenvalue weighted by molar-refractivity contribution is -0.115. The molecule has 0 saturated carbocycles. The number of rotatable bonds is 3. The first-order valence-electron chi connectivity index (χ1n) is 6.13. The van der Waals surface area contributed by atoms with E-state index in [1.807, 2.05) is 0 Å². The molecule has 4 N–H and O–H groups in total. The van der Waals surface area contributed by atoms with Crippen molar-refractivity contribution < 1.29 is 14.7 Å². The summed E-state index contributed by atoms with van der Waals surface area (Å²) in [5.74, 6) is -0.0854. The van der Waals surface area contributed by atoms with Crippen molar-refractivity contribution in [3.05, 3.63) is 23.8 Å². The van der Waals surface area contributed by atoms with Crippen LogP contribution in [0.5, 0.6) is 0 Å². The fourth-order valence-corrected chi connectivity index (χ4v) is 3.17. The van der Waals surface area contributed by atoms with Gasteiger partial charge in [0.15, 0.2) is 0 Å². The molecule has 0 aliphatic carbocycles. The summed E-state index contributed by atoms with van der Waals surface area (Å²) in [6.45, 7) is 0. The van der Waals surface area contributed by atoms with Crippen molar-refractivity contribution in [3.8, 4) is 0 Å². The normalized spacial score (nSPS) is 18.8. The molecule has 1 aliphatic rings. The second kappa shape index (κ2) is 5.97. The maximum Gasteiger partial charge on any atom is 0.335 e. The summed E-state index contributed by atoms with van der Waals surface area (Å²) in [4.78, 5) is 22.8. The van der Waals surface area contributed by atoms with E-state index in [-0.39, 0.29) is 22.4 Å². The lowest BCUT2D eigenvalue weighted by atomic mass is 10.1. The molecule has 1 unspecified atom stereocenters. The smallest absolute Gasteiger partial charge is 0.335 e. The predicted molar refractivity (Wildman–Crippen MR) is 76.5 cm³/mol. The Morgan fingerprint density at radius 3 is 2.74 bits per heavy atom. The Morgan fingerprint density at radius 1 is 1.37 bits per heavy atom. The number of carboxylic acid groups (broad SMARTS) is 1. The lowest BCUT2D eigenvalue weighted by Crippen LogP contribution is -2.27. The molecule has 102 valence electrons. The molecule has 1 fully saturated rings. The fraction of sp³-hybridized carbons (Fsp3) is 0.385. The molecule has 1 amide bonds. The number of thioether (sulfide) groups is 1. The van der Waals surface area contributed by atoms with E-state index < -0.39 is 5.97 Å². The summed E-state index contributed by atoms with van der Waals surface area (Å²) in [7, 11) is 0. The number of carbonyl (C=O) groups is 2. The van der Waals surface area contributed by atoms with Crippen LogP contribution in [0.3, 0.4) is 0 Å². The van der Waals surface area contributed by atoms with Crippen molar-refractivity contribution >= 4 is 35.0 Å². The standard InChI is InChI=1S/C13H16N2O3S/c14-9-7-8(13(17)18)4-5-10(9)15-12(16)11-3-1-2-6-19-11/h4-5,7,11H,1-3,6,14H2,(H,15,16)(H,17,18). The van der Waals surface area contributed by atoms with Crippen LogP contribution in [-0.2, 0) is 4.79 Å². The van der Waals surface area contributed by atoms with E-state index in [9.17, 15) is 9.59 Å². The molecule has 2 rings (SSSR count). The maximum atomic E-state index is 12.0. The van der Waals surface area contributed by atoms with Crippen LogP contribution in [0.1, 0.15) is 29.6 Å². The van der Waals surface area contributed by atoms with Gasteiger partial charge in [-0.05, 0) is 36.8 Å². The fourth-order valence-electron chi connectivity index (χ4n) is 1.97. The average Bonchev–Trinajstić information content (AvgIpc) is 2.41. The molecular weight excluding hydrogens is 264 g/mol. The maximum absolute atomic E-state index is 12.0. The van der Waals surface area contributed by atoms with E-state index in [0.717, 1.165) is 25.0 Å². The van der Waals surface area contributed by atoms with Gasteiger partial charge in [-0.2, -0.15) is 0 Å². The van der Waals surface area contributed by atoms with Crippen LogP contribution in [-0.4, -0.2) is 28.0 Å². The highest BCUT2D eigenvalue weighted by atomic mass is 32.2. The number of amides is 1. The molecule has 19 heavy (non-hydrogen) atoms. The van der Waals surface area contributed by atoms with E-state index in [0.29, 0.717) is 5.69 Å². The number of hydrogen-bond acceptors (Lipinski definition) is 4. The third kappa shape index (κ3) is 3.41. The number of nitrogens with one attached hydrogen (secondary N) is 1. The molecule has 1 aliphatic heterocycles. The summed E-state index contributed by atoms with van der Waals surface area (Å²) in [6.07, 6.45) is 3.10.